The van der Waals surface area contributed by atoms with Gasteiger partial charge >= 0.3 is 0 Å². The summed E-state index contributed by atoms with van der Waals surface area (Å²) < 4.78 is 0. The van der Waals surface area contributed by atoms with Crippen LogP contribution in [0.25, 0.3) is 0 Å². The third-order valence-electron chi connectivity index (χ3n) is 8.22. The minimum Gasteiger partial charge on any atom is -0.327 e. The Balaban J connectivity index is 1.68. The Morgan fingerprint density at radius 3 is 2.62 bits per heavy atom. The molecule has 4 rings (SSSR count). The number of rotatable bonds is 0. The van der Waals surface area contributed by atoms with Crippen molar-refractivity contribution in [1.82, 2.24) is 0 Å². The van der Waals surface area contributed by atoms with Crippen LogP contribution in [0.5, 0.6) is 0 Å². The fraction of sp³-hybridized carbons (Fsp3) is 0.895. The van der Waals surface area contributed by atoms with Gasteiger partial charge in [-0.2, -0.15) is 0 Å². The molecule has 0 radical (unpaired) electrons. The summed E-state index contributed by atoms with van der Waals surface area (Å²) >= 11 is 0. The van der Waals surface area contributed by atoms with Gasteiger partial charge in [-0.1, -0.05) is 25.5 Å². The monoisotopic (exact) mass is 288 g/mol. The number of nitrogens with two attached hydrogens (primary N) is 2. The van der Waals surface area contributed by atoms with Crippen molar-refractivity contribution in [1.29, 1.82) is 0 Å². The van der Waals surface area contributed by atoms with Crippen molar-refractivity contribution in [2.45, 2.75) is 77.3 Å². The zero-order chi connectivity index (χ0) is 14.8. The second kappa shape index (κ2) is 4.58. The molecule has 3 fully saturated rings. The van der Waals surface area contributed by atoms with E-state index < -0.39 is 0 Å². The van der Waals surface area contributed by atoms with Crippen LogP contribution in [0.1, 0.15) is 65.2 Å². The van der Waals surface area contributed by atoms with Crippen molar-refractivity contribution in [3.8, 4) is 0 Å². The molecule has 7 atom stereocenters. The van der Waals surface area contributed by atoms with Crippen LogP contribution in [0.4, 0.5) is 0 Å². The van der Waals surface area contributed by atoms with Crippen molar-refractivity contribution in [3.63, 3.8) is 0 Å². The standard InChI is InChI=1S/C19H32N2/c1-18-9-7-13(20)11-12(18)3-4-14-15-5-6-17(21)19(15,2)10-8-16(14)18/h3,13-17H,4-11,20-21H2,1-2H3/t13?,14-,15-,16-,17?,18-,19-/m0/s1. The molecule has 118 valence electrons. The molecule has 4 N–H and O–H groups in total. The fourth-order valence-corrected chi connectivity index (χ4v) is 6.73. The van der Waals surface area contributed by atoms with Crippen LogP contribution in [0, 0.1) is 28.6 Å². The highest BCUT2D eigenvalue weighted by Gasteiger charge is 2.57. The van der Waals surface area contributed by atoms with E-state index in [9.17, 15) is 0 Å². The third kappa shape index (κ3) is 1.84. The fourth-order valence-electron chi connectivity index (χ4n) is 6.73. The minimum atomic E-state index is 0.412. The average molecular weight is 288 g/mol. The Bertz CT molecular complexity index is 470. The van der Waals surface area contributed by atoms with Crippen LogP contribution in [0.15, 0.2) is 11.6 Å². The van der Waals surface area contributed by atoms with Gasteiger partial charge in [0.2, 0.25) is 0 Å². The normalized spacial score (nSPS) is 56.2. The van der Waals surface area contributed by atoms with Gasteiger partial charge in [-0.15, -0.1) is 0 Å². The van der Waals surface area contributed by atoms with Gasteiger partial charge in [0.15, 0.2) is 0 Å². The predicted octanol–water partition coefficient (Wildman–Crippen LogP) is 3.60. The lowest BCUT2D eigenvalue weighted by Crippen LogP contribution is -2.52. The Morgan fingerprint density at radius 1 is 1.00 bits per heavy atom. The van der Waals surface area contributed by atoms with Crippen LogP contribution >= 0.6 is 0 Å². The summed E-state index contributed by atoms with van der Waals surface area (Å²) in [4.78, 5) is 0. The molecule has 21 heavy (non-hydrogen) atoms. The molecule has 2 unspecified atom stereocenters. The first-order valence-electron chi connectivity index (χ1n) is 9.16. The van der Waals surface area contributed by atoms with Crippen molar-refractivity contribution in [3.05, 3.63) is 11.6 Å². The van der Waals surface area contributed by atoms with E-state index in [1.807, 2.05) is 0 Å². The summed E-state index contributed by atoms with van der Waals surface area (Å²) in [5, 5.41) is 0. The second-order valence-electron chi connectivity index (χ2n) is 8.99. The van der Waals surface area contributed by atoms with E-state index in [1.54, 1.807) is 5.57 Å². The zero-order valence-electron chi connectivity index (χ0n) is 13.8. The molecule has 0 aromatic heterocycles. The SMILES string of the molecule is C[C@]12CCC(N)CC1=CC[C@@H]1[C@@H]2CC[C@]2(C)C(N)CC[C@@H]12. The highest BCUT2D eigenvalue weighted by atomic mass is 14.8. The van der Waals surface area contributed by atoms with Crippen molar-refractivity contribution in [2.75, 3.05) is 0 Å². The first-order valence-corrected chi connectivity index (χ1v) is 9.16. The predicted molar refractivity (Wildman–Crippen MR) is 87.7 cm³/mol. The molecule has 0 aliphatic heterocycles. The highest BCUT2D eigenvalue weighted by Crippen LogP contribution is 2.64. The van der Waals surface area contributed by atoms with E-state index >= 15 is 0 Å². The number of allylic oxidation sites excluding steroid dienone is 1. The maximum atomic E-state index is 6.50. The lowest BCUT2D eigenvalue weighted by Gasteiger charge is -2.57. The lowest BCUT2D eigenvalue weighted by atomic mass is 9.48. The van der Waals surface area contributed by atoms with Gasteiger partial charge in [-0.3, -0.25) is 0 Å². The minimum absolute atomic E-state index is 0.412. The highest BCUT2D eigenvalue weighted by molar-refractivity contribution is 5.25. The lowest BCUT2D eigenvalue weighted by molar-refractivity contribution is -0.0309. The van der Waals surface area contributed by atoms with Gasteiger partial charge in [0.1, 0.15) is 0 Å². The summed E-state index contributed by atoms with van der Waals surface area (Å²) in [6, 6.07) is 0.857. The molecule has 2 heteroatoms. The second-order valence-corrected chi connectivity index (χ2v) is 8.99. The maximum Gasteiger partial charge on any atom is 0.00957 e. The van der Waals surface area contributed by atoms with Crippen LogP contribution < -0.4 is 11.5 Å². The first-order chi connectivity index (χ1) is 9.95. The molecule has 0 bridgehead atoms. The Kier molecular flexibility index (Phi) is 3.11. The van der Waals surface area contributed by atoms with E-state index in [1.165, 1.54) is 44.9 Å². The molecular formula is C19H32N2. The van der Waals surface area contributed by atoms with Gasteiger partial charge in [0, 0.05) is 12.1 Å². The Hall–Kier alpha value is -0.340. The van der Waals surface area contributed by atoms with E-state index in [0.717, 1.165) is 24.2 Å². The van der Waals surface area contributed by atoms with Gasteiger partial charge in [-0.25, -0.2) is 0 Å². The van der Waals surface area contributed by atoms with Crippen LogP contribution in [-0.2, 0) is 0 Å². The van der Waals surface area contributed by atoms with Gasteiger partial charge in [0.25, 0.3) is 0 Å². The molecule has 0 spiro atoms. The number of hydrogen-bond donors (Lipinski definition) is 2. The van der Waals surface area contributed by atoms with Gasteiger partial charge in [0.05, 0.1) is 0 Å². The van der Waals surface area contributed by atoms with Crippen LogP contribution in [-0.4, -0.2) is 12.1 Å². The van der Waals surface area contributed by atoms with E-state index in [4.69, 9.17) is 11.5 Å². The molecule has 0 aromatic rings. The third-order valence-corrected chi connectivity index (χ3v) is 8.22. The largest absolute Gasteiger partial charge is 0.327 e. The van der Waals surface area contributed by atoms with E-state index in [2.05, 4.69) is 19.9 Å². The quantitative estimate of drug-likeness (QED) is 0.669. The van der Waals surface area contributed by atoms with Crippen molar-refractivity contribution >= 4 is 0 Å². The summed E-state index contributed by atoms with van der Waals surface area (Å²) in [7, 11) is 0. The molecule has 4 aliphatic carbocycles. The van der Waals surface area contributed by atoms with E-state index in [-0.39, 0.29) is 0 Å². The van der Waals surface area contributed by atoms with E-state index in [0.29, 0.717) is 22.9 Å². The molecule has 0 saturated heterocycles. The number of fused-ring (bicyclic) bond motifs is 5. The van der Waals surface area contributed by atoms with Crippen molar-refractivity contribution in [2.24, 2.45) is 40.1 Å². The van der Waals surface area contributed by atoms with Crippen molar-refractivity contribution < 1.29 is 0 Å². The Labute approximate surface area is 129 Å². The molecular weight excluding hydrogens is 256 g/mol. The number of hydrogen-bond acceptors (Lipinski definition) is 2. The molecule has 0 amide bonds. The molecule has 2 nitrogen and oxygen atoms in total. The zero-order valence-corrected chi connectivity index (χ0v) is 13.8. The van der Waals surface area contributed by atoms with Gasteiger partial charge in [-0.05, 0) is 80.0 Å². The molecule has 0 heterocycles. The smallest absolute Gasteiger partial charge is 0.00957 e. The topological polar surface area (TPSA) is 52.0 Å². The Morgan fingerprint density at radius 2 is 1.81 bits per heavy atom. The van der Waals surface area contributed by atoms with Crippen LogP contribution in [0.2, 0.25) is 0 Å². The first kappa shape index (κ1) is 14.3. The summed E-state index contributed by atoms with van der Waals surface area (Å²) in [6.07, 6.45) is 13.0. The summed E-state index contributed by atoms with van der Waals surface area (Å²) in [6.45, 7) is 5.04. The summed E-state index contributed by atoms with van der Waals surface area (Å²) in [5.41, 5.74) is 15.3. The molecule has 3 saturated carbocycles. The molecule has 0 aromatic carbocycles. The van der Waals surface area contributed by atoms with Crippen LogP contribution in [0.3, 0.4) is 0 Å². The van der Waals surface area contributed by atoms with Gasteiger partial charge < -0.3 is 11.5 Å². The summed E-state index contributed by atoms with van der Waals surface area (Å²) in [5.74, 6) is 2.66. The maximum absolute atomic E-state index is 6.50. The average Bonchev–Trinajstić information content (AvgIpc) is 2.76. The molecule has 4 aliphatic rings.